The van der Waals surface area contributed by atoms with Crippen molar-refractivity contribution in [3.63, 3.8) is 0 Å². The molecule has 1 spiro atoms. The molecule has 4 rings (SSSR count). The lowest BCUT2D eigenvalue weighted by atomic mass is 9.90. The van der Waals surface area contributed by atoms with Crippen LogP contribution in [0.4, 0.5) is 18.0 Å². The Morgan fingerprint density at radius 1 is 1.30 bits per heavy atom. The highest BCUT2D eigenvalue weighted by molar-refractivity contribution is 7.17. The predicted octanol–water partition coefficient (Wildman–Crippen LogP) is 3.83. The number of nitrogens with one attached hydrogen (secondary N) is 1. The second-order valence-electron chi connectivity index (χ2n) is 9.19. The van der Waals surface area contributed by atoms with Crippen molar-refractivity contribution in [1.29, 1.82) is 0 Å². The molecule has 0 aliphatic carbocycles. The minimum absolute atomic E-state index is 0.0552. The number of carbonyl (C=O) groups excluding carboxylic acids is 2. The molecule has 0 saturated carbocycles. The molecule has 33 heavy (non-hydrogen) atoms. The Morgan fingerprint density at radius 3 is 2.61 bits per heavy atom. The minimum Gasteiger partial charge on any atom is -0.472 e. The average Bonchev–Trinajstić information content (AvgIpc) is 3.28. The van der Waals surface area contributed by atoms with Crippen LogP contribution in [0, 0.1) is 0 Å². The number of hydrogen-bond donors (Lipinski definition) is 1. The minimum atomic E-state index is -4.64. The van der Waals surface area contributed by atoms with Gasteiger partial charge in [-0.25, -0.2) is 9.78 Å². The zero-order valence-electron chi connectivity index (χ0n) is 18.5. The summed E-state index contributed by atoms with van der Waals surface area (Å²) >= 11 is 0.809. The van der Waals surface area contributed by atoms with Crippen molar-refractivity contribution in [1.82, 2.24) is 15.2 Å². The molecule has 180 valence electrons. The van der Waals surface area contributed by atoms with E-state index in [0.717, 1.165) is 17.4 Å². The molecule has 2 aromatic rings. The maximum absolute atomic E-state index is 13.7. The first-order valence-corrected chi connectivity index (χ1v) is 11.2. The number of pyridine rings is 1. The van der Waals surface area contributed by atoms with Crippen LogP contribution in [-0.2, 0) is 15.7 Å². The molecule has 2 aliphatic heterocycles. The Kier molecular flexibility index (Phi) is 5.72. The van der Waals surface area contributed by atoms with Crippen LogP contribution in [0.15, 0.2) is 11.4 Å². The van der Waals surface area contributed by atoms with Gasteiger partial charge in [-0.1, -0.05) is 0 Å². The third-order valence-corrected chi connectivity index (χ3v) is 6.35. The number of nitrogens with zero attached hydrogens (tertiary/aromatic N) is 2. The molecular formula is C21H24F3N3O5S. The van der Waals surface area contributed by atoms with E-state index in [4.69, 9.17) is 14.2 Å². The molecule has 2 fully saturated rings. The van der Waals surface area contributed by atoms with Crippen LogP contribution in [0.25, 0.3) is 10.2 Å². The second kappa shape index (κ2) is 8.01. The van der Waals surface area contributed by atoms with E-state index in [2.05, 4.69) is 10.3 Å². The highest BCUT2D eigenvalue weighted by Crippen LogP contribution is 2.41. The second-order valence-corrected chi connectivity index (χ2v) is 10.1. The van der Waals surface area contributed by atoms with Crippen molar-refractivity contribution < 1.29 is 37.0 Å². The van der Waals surface area contributed by atoms with E-state index in [9.17, 15) is 22.8 Å². The molecule has 2 aliphatic rings. The first-order valence-electron chi connectivity index (χ1n) is 10.3. The molecule has 1 unspecified atom stereocenters. The molecule has 12 heteroatoms. The van der Waals surface area contributed by atoms with Gasteiger partial charge in [0.2, 0.25) is 5.88 Å². The molecular weight excluding hydrogens is 463 g/mol. The molecule has 2 amide bonds. The summed E-state index contributed by atoms with van der Waals surface area (Å²) in [5.41, 5.74) is -2.14. The van der Waals surface area contributed by atoms with E-state index in [1.807, 2.05) is 0 Å². The summed E-state index contributed by atoms with van der Waals surface area (Å²) in [4.78, 5) is 30.0. The van der Waals surface area contributed by atoms with Gasteiger partial charge in [-0.3, -0.25) is 4.79 Å². The van der Waals surface area contributed by atoms with Gasteiger partial charge in [0.05, 0.1) is 41.0 Å². The van der Waals surface area contributed by atoms with E-state index in [0.29, 0.717) is 19.5 Å². The Balaban J connectivity index is 1.50. The number of halogens is 3. The van der Waals surface area contributed by atoms with Crippen molar-refractivity contribution in [3.8, 4) is 5.88 Å². The lowest BCUT2D eigenvalue weighted by molar-refractivity contribution is -0.136. The van der Waals surface area contributed by atoms with Crippen molar-refractivity contribution >= 4 is 33.6 Å². The quantitative estimate of drug-likeness (QED) is 0.708. The molecule has 2 saturated heterocycles. The van der Waals surface area contributed by atoms with Crippen molar-refractivity contribution in [2.24, 2.45) is 0 Å². The fourth-order valence-electron chi connectivity index (χ4n) is 3.93. The number of hydrogen-bond acceptors (Lipinski definition) is 7. The maximum atomic E-state index is 13.7. The number of amides is 2. The van der Waals surface area contributed by atoms with Gasteiger partial charge in [-0.2, -0.15) is 13.2 Å². The number of aromatic nitrogens is 1. The first-order chi connectivity index (χ1) is 15.3. The molecule has 0 bridgehead atoms. The molecule has 8 nitrogen and oxygen atoms in total. The molecule has 2 aromatic heterocycles. The van der Waals surface area contributed by atoms with Crippen LogP contribution < -0.4 is 10.1 Å². The number of likely N-dealkylation sites (tertiary alicyclic amines) is 1. The zero-order valence-corrected chi connectivity index (χ0v) is 19.4. The molecule has 4 heterocycles. The molecule has 1 N–H and O–H groups in total. The summed E-state index contributed by atoms with van der Waals surface area (Å²) < 4.78 is 57.8. The third kappa shape index (κ3) is 4.72. The van der Waals surface area contributed by atoms with Crippen LogP contribution >= 0.6 is 11.3 Å². The van der Waals surface area contributed by atoms with Gasteiger partial charge in [0.25, 0.3) is 5.91 Å². The van der Waals surface area contributed by atoms with Gasteiger partial charge in [0, 0.05) is 24.9 Å². The molecule has 0 aromatic carbocycles. The van der Waals surface area contributed by atoms with Crippen molar-refractivity contribution in [2.75, 3.05) is 26.7 Å². The van der Waals surface area contributed by atoms with Crippen LogP contribution in [-0.4, -0.2) is 65.9 Å². The normalized spacial score (nSPS) is 20.1. The summed E-state index contributed by atoms with van der Waals surface area (Å²) in [6, 6.07) is 0.852. The number of thiophene rings is 1. The first kappa shape index (κ1) is 23.6. The summed E-state index contributed by atoms with van der Waals surface area (Å²) in [5.74, 6) is -0.758. The topological polar surface area (TPSA) is 90.0 Å². The van der Waals surface area contributed by atoms with Crippen LogP contribution in [0.5, 0.6) is 5.88 Å². The van der Waals surface area contributed by atoms with Crippen LogP contribution in [0.3, 0.4) is 0 Å². The highest BCUT2D eigenvalue weighted by atomic mass is 32.1. The van der Waals surface area contributed by atoms with Gasteiger partial charge < -0.3 is 24.4 Å². The Bertz CT molecular complexity index is 1090. The van der Waals surface area contributed by atoms with Gasteiger partial charge in [0.15, 0.2) is 0 Å². The average molecular weight is 488 g/mol. The van der Waals surface area contributed by atoms with Gasteiger partial charge in [-0.05, 0) is 20.8 Å². The van der Waals surface area contributed by atoms with Crippen molar-refractivity contribution in [2.45, 2.75) is 50.7 Å². The molecule has 0 radical (unpaired) electrons. The SMILES string of the molecule is CNC(=O)c1csc2c(C(F)(F)F)cc(OC3COC4(C3)CN(C(=O)OC(C)(C)C)C4)nc12. The fraction of sp³-hybridized carbons (Fsp3) is 0.571. The monoisotopic (exact) mass is 487 g/mol. The molecule has 1 atom stereocenters. The zero-order chi connectivity index (χ0) is 24.2. The number of rotatable bonds is 3. The number of fused-ring (bicyclic) bond motifs is 1. The Labute approximate surface area is 192 Å². The number of ether oxygens (including phenoxy) is 3. The summed E-state index contributed by atoms with van der Waals surface area (Å²) in [6.45, 7) is 6.10. The van der Waals surface area contributed by atoms with Gasteiger partial charge in [-0.15, -0.1) is 11.3 Å². The lowest BCUT2D eigenvalue weighted by Crippen LogP contribution is -2.64. The van der Waals surface area contributed by atoms with Gasteiger partial charge in [0.1, 0.15) is 17.3 Å². The summed E-state index contributed by atoms with van der Waals surface area (Å²) in [7, 11) is 1.39. The highest BCUT2D eigenvalue weighted by Gasteiger charge is 2.53. The van der Waals surface area contributed by atoms with Crippen LogP contribution in [0.2, 0.25) is 0 Å². The van der Waals surface area contributed by atoms with Crippen molar-refractivity contribution in [3.05, 3.63) is 22.6 Å². The largest absolute Gasteiger partial charge is 0.472 e. The Morgan fingerprint density at radius 2 is 2.00 bits per heavy atom. The maximum Gasteiger partial charge on any atom is 0.418 e. The van der Waals surface area contributed by atoms with E-state index in [1.165, 1.54) is 17.3 Å². The summed E-state index contributed by atoms with van der Waals surface area (Å²) in [6.07, 6.45) is -5.24. The Hall–Kier alpha value is -2.60. The fourth-order valence-corrected chi connectivity index (χ4v) is 4.95. The number of alkyl halides is 3. The van der Waals surface area contributed by atoms with Gasteiger partial charge >= 0.3 is 12.3 Å². The standard InChI is InChI=1S/C21H24F3N3O5S/c1-19(2,3)32-18(29)27-9-20(10-27)6-11(7-30-20)31-14-5-13(21(22,23)24)16-15(26-14)12(8-33-16)17(28)25-4/h5,8,11H,6-7,9-10H2,1-4H3,(H,25,28). The summed E-state index contributed by atoms with van der Waals surface area (Å²) in [5, 5.41) is 3.76. The lowest BCUT2D eigenvalue weighted by Gasteiger charge is -2.46. The number of carbonyl (C=O) groups is 2. The van der Waals surface area contributed by atoms with E-state index >= 15 is 0 Å². The van der Waals surface area contributed by atoms with E-state index in [-0.39, 0.29) is 28.3 Å². The third-order valence-electron chi connectivity index (χ3n) is 5.35. The smallest absolute Gasteiger partial charge is 0.418 e. The predicted molar refractivity (Wildman–Crippen MR) is 114 cm³/mol. The van der Waals surface area contributed by atoms with E-state index < -0.39 is 41.0 Å². The van der Waals surface area contributed by atoms with E-state index in [1.54, 1.807) is 20.8 Å². The van der Waals surface area contributed by atoms with Crippen LogP contribution in [0.1, 0.15) is 43.1 Å².